The Hall–Kier alpha value is -2.95. The van der Waals surface area contributed by atoms with Crippen molar-refractivity contribution >= 4 is 0 Å². The van der Waals surface area contributed by atoms with Gasteiger partial charge in [-0.15, -0.1) is 0 Å². The first-order valence-corrected chi connectivity index (χ1v) is 6.16. The van der Waals surface area contributed by atoms with E-state index in [-0.39, 0.29) is 4.54 Å². The zero-order valence-electron chi connectivity index (χ0n) is 10.5. The van der Waals surface area contributed by atoms with Crippen molar-refractivity contribution in [2.45, 2.75) is 0 Å². The molecule has 5 heteroatoms. The molecule has 20 heavy (non-hydrogen) atoms. The van der Waals surface area contributed by atoms with E-state index in [4.69, 9.17) is 0 Å². The number of aromatic amines is 2. The predicted molar refractivity (Wildman–Crippen MR) is 75.7 cm³/mol. The molecule has 2 aromatic carbocycles. The van der Waals surface area contributed by atoms with Crippen LogP contribution in [0, 0.1) is 4.91 Å². The lowest BCUT2D eigenvalue weighted by Gasteiger charge is -2.04. The van der Waals surface area contributed by atoms with Crippen LogP contribution in [0.25, 0.3) is 22.5 Å². The maximum Gasteiger partial charge on any atom is 0.560 e. The molecule has 1 heterocycles. The van der Waals surface area contributed by atoms with Crippen molar-refractivity contribution in [3.8, 4) is 22.5 Å². The lowest BCUT2D eigenvalue weighted by atomic mass is 10.0. The van der Waals surface area contributed by atoms with E-state index >= 15 is 0 Å². The van der Waals surface area contributed by atoms with Crippen molar-refractivity contribution in [2.24, 2.45) is 0 Å². The molecule has 0 atom stereocenters. The molecular weight excluding hydrogens is 254 g/mol. The quantitative estimate of drug-likeness (QED) is 0.696. The SMILES string of the molecule is O=c1[nH]c(-c2ccccc2)c(-c2ccccc2)[nH][n+]1=O. The van der Waals surface area contributed by atoms with Gasteiger partial charge in [0.15, 0.2) is 5.69 Å². The van der Waals surface area contributed by atoms with Crippen LogP contribution in [0.1, 0.15) is 0 Å². The van der Waals surface area contributed by atoms with E-state index in [1.165, 1.54) is 0 Å². The van der Waals surface area contributed by atoms with Crippen molar-refractivity contribution in [3.63, 3.8) is 0 Å². The predicted octanol–water partition coefficient (Wildman–Crippen LogP) is 1.95. The second kappa shape index (κ2) is 4.97. The van der Waals surface area contributed by atoms with Crippen molar-refractivity contribution in [2.75, 3.05) is 0 Å². The Bertz CT molecular complexity index is 764. The summed E-state index contributed by atoms with van der Waals surface area (Å²) in [4.78, 5) is 25.7. The third kappa shape index (κ3) is 2.16. The molecule has 0 radical (unpaired) electrons. The number of H-pyrrole nitrogens is 2. The molecule has 0 aliphatic carbocycles. The van der Waals surface area contributed by atoms with E-state index in [1.54, 1.807) is 0 Å². The average molecular weight is 266 g/mol. The largest absolute Gasteiger partial charge is 0.560 e. The zero-order valence-corrected chi connectivity index (χ0v) is 10.5. The summed E-state index contributed by atoms with van der Waals surface area (Å²) in [5.41, 5.74) is 2.09. The molecule has 0 aliphatic rings. The molecule has 98 valence electrons. The molecule has 1 aromatic heterocycles. The Kier molecular flexibility index (Phi) is 3.01. The number of rotatable bonds is 2. The summed E-state index contributed by atoms with van der Waals surface area (Å²) in [7, 11) is 0. The Labute approximate surface area is 114 Å². The molecule has 0 saturated heterocycles. The number of aromatic nitrogens is 3. The number of nitrogens with one attached hydrogen (secondary N) is 2. The molecule has 0 spiro atoms. The van der Waals surface area contributed by atoms with E-state index < -0.39 is 5.69 Å². The normalized spacial score (nSPS) is 10.4. The molecule has 0 bridgehead atoms. The van der Waals surface area contributed by atoms with Crippen LogP contribution < -0.4 is 10.2 Å². The first-order valence-electron chi connectivity index (χ1n) is 6.16. The van der Waals surface area contributed by atoms with Gasteiger partial charge in [0.1, 0.15) is 10.2 Å². The standard InChI is InChI=1S/C15H11N3O2/c19-15-16-13(11-7-3-1-4-8-11)14(17-18(15)20)12-9-5-2-6-10-12/h1-10H,(H-,16,17,19,20)/p+1. The fourth-order valence-electron chi connectivity index (χ4n) is 2.06. The fraction of sp³-hybridized carbons (Fsp3) is 0. The lowest BCUT2D eigenvalue weighted by Crippen LogP contribution is -2.41. The lowest BCUT2D eigenvalue weighted by molar-refractivity contribution is -0.582. The van der Waals surface area contributed by atoms with Crippen LogP contribution in [0.4, 0.5) is 0 Å². The van der Waals surface area contributed by atoms with E-state index in [2.05, 4.69) is 10.1 Å². The van der Waals surface area contributed by atoms with Crippen LogP contribution in [0.15, 0.2) is 65.5 Å². The highest BCUT2D eigenvalue weighted by Crippen LogP contribution is 2.26. The highest BCUT2D eigenvalue weighted by molar-refractivity contribution is 5.76. The molecule has 0 amide bonds. The van der Waals surface area contributed by atoms with Gasteiger partial charge >= 0.3 is 5.69 Å². The van der Waals surface area contributed by atoms with E-state index in [9.17, 15) is 9.70 Å². The molecule has 2 N–H and O–H groups in total. The number of hydrogen-bond donors (Lipinski definition) is 2. The average Bonchev–Trinajstić information content (AvgIpc) is 2.51. The van der Waals surface area contributed by atoms with Gasteiger partial charge in [0.05, 0.1) is 0 Å². The van der Waals surface area contributed by atoms with Crippen molar-refractivity contribution < 1.29 is 4.54 Å². The Morgan fingerprint density at radius 1 is 0.750 bits per heavy atom. The highest BCUT2D eigenvalue weighted by atomic mass is 16.3. The summed E-state index contributed by atoms with van der Waals surface area (Å²) in [6.45, 7) is 0. The third-order valence-electron chi connectivity index (χ3n) is 3.00. The molecule has 5 nitrogen and oxygen atoms in total. The minimum Gasteiger partial charge on any atom is -0.196 e. The second-order valence-corrected chi connectivity index (χ2v) is 4.32. The summed E-state index contributed by atoms with van der Waals surface area (Å²) in [5.74, 6) is 0. The van der Waals surface area contributed by atoms with Gasteiger partial charge in [-0.2, -0.15) is 14.9 Å². The van der Waals surface area contributed by atoms with Crippen LogP contribution in [0.3, 0.4) is 0 Å². The van der Waals surface area contributed by atoms with Gasteiger partial charge in [-0.1, -0.05) is 60.7 Å². The van der Waals surface area contributed by atoms with Crippen molar-refractivity contribution in [3.05, 3.63) is 76.1 Å². The van der Waals surface area contributed by atoms with Crippen molar-refractivity contribution in [1.29, 1.82) is 0 Å². The van der Waals surface area contributed by atoms with Gasteiger partial charge in [-0.05, 0) is 4.91 Å². The molecule has 0 aliphatic heterocycles. The summed E-state index contributed by atoms with van der Waals surface area (Å²) in [5, 5.41) is 2.58. The summed E-state index contributed by atoms with van der Waals surface area (Å²) < 4.78 is 0.189. The van der Waals surface area contributed by atoms with E-state index in [0.717, 1.165) is 11.1 Å². The first kappa shape index (κ1) is 12.1. The number of nitrogens with zero attached hydrogens (tertiary/aromatic N) is 1. The summed E-state index contributed by atoms with van der Waals surface area (Å²) in [6.07, 6.45) is 0. The van der Waals surface area contributed by atoms with Crippen LogP contribution in [0.2, 0.25) is 0 Å². The highest BCUT2D eigenvalue weighted by Gasteiger charge is 2.16. The van der Waals surface area contributed by atoms with Crippen molar-refractivity contribution in [1.82, 2.24) is 10.1 Å². The smallest absolute Gasteiger partial charge is 0.196 e. The third-order valence-corrected chi connectivity index (χ3v) is 3.00. The Balaban J connectivity index is 2.32. The van der Waals surface area contributed by atoms with Crippen LogP contribution in [-0.2, 0) is 0 Å². The zero-order chi connectivity index (χ0) is 13.9. The molecule has 0 saturated carbocycles. The van der Waals surface area contributed by atoms with E-state index in [0.29, 0.717) is 11.4 Å². The fourth-order valence-corrected chi connectivity index (χ4v) is 2.06. The van der Waals surface area contributed by atoms with Gasteiger partial charge in [0.25, 0.3) is 0 Å². The van der Waals surface area contributed by atoms with Gasteiger partial charge in [-0.3, -0.25) is 0 Å². The molecule has 0 fully saturated rings. The number of hydrogen-bond acceptors (Lipinski definition) is 2. The maximum absolute atomic E-state index is 11.6. The minimum absolute atomic E-state index is 0.189. The van der Waals surface area contributed by atoms with E-state index in [1.807, 2.05) is 60.7 Å². The molecule has 3 rings (SSSR count). The second-order valence-electron chi connectivity index (χ2n) is 4.32. The number of benzene rings is 2. The van der Waals surface area contributed by atoms with Crippen LogP contribution in [-0.4, -0.2) is 10.1 Å². The maximum atomic E-state index is 11.6. The van der Waals surface area contributed by atoms with Gasteiger partial charge in [0, 0.05) is 11.1 Å². The minimum atomic E-state index is -0.733. The summed E-state index contributed by atoms with van der Waals surface area (Å²) >= 11 is 0. The molecule has 3 aromatic rings. The Morgan fingerprint density at radius 2 is 1.25 bits per heavy atom. The van der Waals surface area contributed by atoms with Gasteiger partial charge in [-0.25, -0.2) is 0 Å². The monoisotopic (exact) mass is 266 g/mol. The van der Waals surface area contributed by atoms with Crippen LogP contribution >= 0.6 is 0 Å². The van der Waals surface area contributed by atoms with Crippen LogP contribution in [0.5, 0.6) is 0 Å². The van der Waals surface area contributed by atoms with Gasteiger partial charge in [0.2, 0.25) is 0 Å². The first-order chi connectivity index (χ1) is 9.75. The molecular formula is C15H12N3O2+. The Morgan fingerprint density at radius 3 is 1.80 bits per heavy atom. The van der Waals surface area contributed by atoms with Gasteiger partial charge < -0.3 is 0 Å². The topological polar surface area (TPSA) is 71.6 Å². The molecule has 0 unspecified atom stereocenters. The summed E-state index contributed by atoms with van der Waals surface area (Å²) in [6, 6.07) is 18.8.